The SMILES string of the molecule is N#CCCN(N)c1ncc(-c2ccccc2)o1. The van der Waals surface area contributed by atoms with Crippen LogP contribution in [0.2, 0.25) is 0 Å². The van der Waals surface area contributed by atoms with Gasteiger partial charge in [0.1, 0.15) is 0 Å². The standard InChI is InChI=1S/C12H12N4O/c13-7-4-8-16(14)12-15-9-11(17-12)10-5-2-1-3-6-10/h1-3,5-6,9H,4,8,14H2. The summed E-state index contributed by atoms with van der Waals surface area (Å²) >= 11 is 0. The van der Waals surface area contributed by atoms with E-state index in [2.05, 4.69) is 4.98 Å². The van der Waals surface area contributed by atoms with Crippen LogP contribution in [0.25, 0.3) is 11.3 Å². The van der Waals surface area contributed by atoms with Crippen molar-refractivity contribution < 1.29 is 4.42 Å². The highest BCUT2D eigenvalue weighted by Gasteiger charge is 2.10. The summed E-state index contributed by atoms with van der Waals surface area (Å²) in [6.07, 6.45) is 1.95. The minimum Gasteiger partial charge on any atom is -0.423 e. The lowest BCUT2D eigenvalue weighted by Crippen LogP contribution is -2.31. The van der Waals surface area contributed by atoms with Crippen molar-refractivity contribution >= 4 is 6.01 Å². The third kappa shape index (κ3) is 2.62. The third-order valence-corrected chi connectivity index (χ3v) is 2.26. The number of nitrogens with two attached hydrogens (primary N) is 1. The summed E-state index contributed by atoms with van der Waals surface area (Å²) in [5.74, 6) is 6.36. The zero-order valence-electron chi connectivity index (χ0n) is 9.21. The molecule has 0 amide bonds. The fourth-order valence-corrected chi connectivity index (χ4v) is 1.40. The molecule has 2 aromatic rings. The van der Waals surface area contributed by atoms with E-state index >= 15 is 0 Å². The summed E-state index contributed by atoms with van der Waals surface area (Å²) in [4.78, 5) is 4.07. The lowest BCUT2D eigenvalue weighted by molar-refractivity contribution is 0.549. The molecule has 0 fully saturated rings. The van der Waals surface area contributed by atoms with Crippen molar-refractivity contribution in [2.75, 3.05) is 11.6 Å². The number of aromatic nitrogens is 1. The molecule has 0 aliphatic carbocycles. The van der Waals surface area contributed by atoms with Crippen molar-refractivity contribution in [3.8, 4) is 17.4 Å². The molecule has 2 rings (SSSR count). The van der Waals surface area contributed by atoms with Crippen LogP contribution in [0.5, 0.6) is 0 Å². The van der Waals surface area contributed by atoms with Crippen molar-refractivity contribution in [2.45, 2.75) is 6.42 Å². The maximum absolute atomic E-state index is 8.46. The quantitative estimate of drug-likeness (QED) is 0.639. The lowest BCUT2D eigenvalue weighted by Gasteiger charge is -2.10. The molecule has 0 spiro atoms. The van der Waals surface area contributed by atoms with E-state index in [1.54, 1.807) is 6.20 Å². The summed E-state index contributed by atoms with van der Waals surface area (Å²) in [5, 5.41) is 9.79. The highest BCUT2D eigenvalue weighted by molar-refractivity contribution is 5.57. The molecule has 86 valence electrons. The summed E-state index contributed by atoms with van der Waals surface area (Å²) in [7, 11) is 0. The number of hydrogen-bond donors (Lipinski definition) is 1. The molecule has 0 radical (unpaired) electrons. The highest BCUT2D eigenvalue weighted by atomic mass is 16.4. The number of anilines is 1. The molecule has 0 saturated heterocycles. The second-order valence-electron chi connectivity index (χ2n) is 3.47. The summed E-state index contributed by atoms with van der Waals surface area (Å²) in [6.45, 7) is 0.394. The molecule has 0 saturated carbocycles. The van der Waals surface area contributed by atoms with E-state index in [4.69, 9.17) is 15.5 Å². The largest absolute Gasteiger partial charge is 0.423 e. The fourth-order valence-electron chi connectivity index (χ4n) is 1.40. The number of hydrazine groups is 1. The zero-order chi connectivity index (χ0) is 12.1. The van der Waals surface area contributed by atoms with Gasteiger partial charge in [0.25, 0.3) is 0 Å². The molecule has 1 heterocycles. The summed E-state index contributed by atoms with van der Waals surface area (Å²) < 4.78 is 5.51. The van der Waals surface area contributed by atoms with E-state index < -0.39 is 0 Å². The topological polar surface area (TPSA) is 79.1 Å². The predicted octanol–water partition coefficient (Wildman–Crippen LogP) is 1.94. The first-order valence-corrected chi connectivity index (χ1v) is 5.21. The number of nitrogens with zero attached hydrogens (tertiary/aromatic N) is 3. The Labute approximate surface area is 99.1 Å². The smallest absolute Gasteiger partial charge is 0.312 e. The van der Waals surface area contributed by atoms with E-state index in [1.165, 1.54) is 5.01 Å². The van der Waals surface area contributed by atoms with E-state index in [0.29, 0.717) is 24.7 Å². The maximum Gasteiger partial charge on any atom is 0.312 e. The Morgan fingerprint density at radius 3 is 2.82 bits per heavy atom. The Balaban J connectivity index is 2.14. The molecule has 0 aliphatic heterocycles. The lowest BCUT2D eigenvalue weighted by atomic mass is 10.2. The second-order valence-corrected chi connectivity index (χ2v) is 3.47. The Hall–Kier alpha value is -2.32. The molecule has 0 bridgehead atoms. The molecule has 1 aromatic heterocycles. The molecular formula is C12H12N4O. The number of rotatable bonds is 4. The van der Waals surface area contributed by atoms with Gasteiger partial charge in [-0.3, -0.25) is 5.01 Å². The van der Waals surface area contributed by atoms with Gasteiger partial charge in [0.2, 0.25) is 0 Å². The number of nitriles is 1. The van der Waals surface area contributed by atoms with Gasteiger partial charge in [-0.15, -0.1) is 0 Å². The Morgan fingerprint density at radius 1 is 1.35 bits per heavy atom. The fraction of sp³-hybridized carbons (Fsp3) is 0.167. The Bertz CT molecular complexity index is 515. The molecule has 5 heteroatoms. The van der Waals surface area contributed by atoms with Gasteiger partial charge < -0.3 is 4.42 Å². The van der Waals surface area contributed by atoms with Crippen molar-refractivity contribution in [3.63, 3.8) is 0 Å². The van der Waals surface area contributed by atoms with Crippen LogP contribution < -0.4 is 10.9 Å². The molecule has 0 aliphatic rings. The van der Waals surface area contributed by atoms with E-state index in [-0.39, 0.29) is 0 Å². The van der Waals surface area contributed by atoms with Crippen LogP contribution in [0.4, 0.5) is 6.01 Å². The number of benzene rings is 1. The van der Waals surface area contributed by atoms with E-state index in [1.807, 2.05) is 36.4 Å². The monoisotopic (exact) mass is 228 g/mol. The number of hydrogen-bond acceptors (Lipinski definition) is 5. The minimum atomic E-state index is 0.319. The molecule has 2 N–H and O–H groups in total. The van der Waals surface area contributed by atoms with Crippen LogP contribution in [0.3, 0.4) is 0 Å². The van der Waals surface area contributed by atoms with Crippen molar-refractivity contribution in [1.29, 1.82) is 5.26 Å². The van der Waals surface area contributed by atoms with Crippen molar-refractivity contribution in [2.24, 2.45) is 5.84 Å². The molecular weight excluding hydrogens is 216 g/mol. The molecule has 5 nitrogen and oxygen atoms in total. The first-order chi connectivity index (χ1) is 8.31. The van der Waals surface area contributed by atoms with E-state index in [9.17, 15) is 0 Å². The van der Waals surface area contributed by atoms with Gasteiger partial charge in [0.05, 0.1) is 25.2 Å². The van der Waals surface area contributed by atoms with Crippen molar-refractivity contribution in [3.05, 3.63) is 36.5 Å². The molecule has 17 heavy (non-hydrogen) atoms. The summed E-state index contributed by atoms with van der Waals surface area (Å²) in [5.41, 5.74) is 0.944. The van der Waals surface area contributed by atoms with Crippen LogP contribution in [0, 0.1) is 11.3 Å². The Kier molecular flexibility index (Phi) is 3.38. The minimum absolute atomic E-state index is 0.319. The van der Waals surface area contributed by atoms with Crippen LogP contribution in [-0.4, -0.2) is 11.5 Å². The second kappa shape index (κ2) is 5.14. The molecule has 0 unspecified atom stereocenters. The number of oxazole rings is 1. The molecule has 1 aromatic carbocycles. The first-order valence-electron chi connectivity index (χ1n) is 5.21. The van der Waals surface area contributed by atoms with Gasteiger partial charge >= 0.3 is 6.01 Å². The van der Waals surface area contributed by atoms with Gasteiger partial charge in [-0.1, -0.05) is 30.3 Å². The maximum atomic E-state index is 8.46. The predicted molar refractivity (Wildman–Crippen MR) is 63.7 cm³/mol. The molecule has 0 atom stereocenters. The van der Waals surface area contributed by atoms with Gasteiger partial charge in [0.15, 0.2) is 5.76 Å². The van der Waals surface area contributed by atoms with Gasteiger partial charge in [-0.05, 0) is 0 Å². The van der Waals surface area contributed by atoms with Gasteiger partial charge in [-0.2, -0.15) is 5.26 Å². The normalized spacial score (nSPS) is 9.88. The van der Waals surface area contributed by atoms with E-state index in [0.717, 1.165) is 5.56 Å². The van der Waals surface area contributed by atoms with Crippen LogP contribution >= 0.6 is 0 Å². The summed E-state index contributed by atoms with van der Waals surface area (Å²) in [6, 6.07) is 12.0. The van der Waals surface area contributed by atoms with Crippen LogP contribution in [-0.2, 0) is 0 Å². The van der Waals surface area contributed by atoms with Crippen molar-refractivity contribution in [1.82, 2.24) is 4.98 Å². The zero-order valence-corrected chi connectivity index (χ0v) is 9.21. The Morgan fingerprint density at radius 2 is 2.12 bits per heavy atom. The average molecular weight is 228 g/mol. The highest BCUT2D eigenvalue weighted by Crippen LogP contribution is 2.22. The van der Waals surface area contributed by atoms with Crippen LogP contribution in [0.15, 0.2) is 40.9 Å². The van der Waals surface area contributed by atoms with Crippen LogP contribution in [0.1, 0.15) is 6.42 Å². The first kappa shape index (κ1) is 11.2. The third-order valence-electron chi connectivity index (χ3n) is 2.26. The van der Waals surface area contributed by atoms with Gasteiger partial charge in [0, 0.05) is 5.56 Å². The van der Waals surface area contributed by atoms with Gasteiger partial charge in [-0.25, -0.2) is 10.8 Å². The average Bonchev–Trinajstić information content (AvgIpc) is 2.86.